The summed E-state index contributed by atoms with van der Waals surface area (Å²) in [6.07, 6.45) is 17.8. The molecule has 0 amide bonds. The van der Waals surface area contributed by atoms with Crippen LogP contribution in [0, 0.1) is 53.3 Å². The fourth-order valence-electron chi connectivity index (χ4n) is 12.6. The summed E-state index contributed by atoms with van der Waals surface area (Å²) in [6.45, 7) is 14.9. The molecule has 2 aliphatic heterocycles. The molecule has 6 aliphatic carbocycles. The minimum Gasteiger partial charge on any atom is -0.413 e. The predicted molar refractivity (Wildman–Crippen MR) is 201 cm³/mol. The van der Waals surface area contributed by atoms with E-state index in [1.165, 1.54) is 93.9 Å². The Balaban J connectivity index is 0.950. The van der Waals surface area contributed by atoms with Crippen LogP contribution in [-0.4, -0.2) is 58.2 Å². The zero-order valence-corrected chi connectivity index (χ0v) is 34.8. The highest BCUT2D eigenvalue weighted by Gasteiger charge is 2.64. The summed E-state index contributed by atoms with van der Waals surface area (Å²) in [5, 5.41) is 1.22. The maximum Gasteiger partial charge on any atom is 0.505 e. The van der Waals surface area contributed by atoms with Crippen LogP contribution in [0.1, 0.15) is 70.6 Å². The first-order valence-electron chi connectivity index (χ1n) is 20.3. The number of ether oxygens (including phenoxy) is 2. The molecule has 0 radical (unpaired) electrons. The van der Waals surface area contributed by atoms with E-state index in [1.54, 1.807) is 0 Å². The van der Waals surface area contributed by atoms with Crippen molar-refractivity contribution in [2.75, 3.05) is 0 Å². The van der Waals surface area contributed by atoms with Crippen LogP contribution < -0.4 is 5.19 Å². The van der Waals surface area contributed by atoms with E-state index in [4.69, 9.17) is 21.8 Å². The number of fused-ring (bicyclic) bond motifs is 12. The standard InChI is InChI=1S/C39H64O5Si4/c1-45(2,17-14-28-21-26-12-13-27(28)20-26)42-48(33-10-8-7-9-11-33,43-46(3,4)18-15-29-22-31-24-34(29)38-36(31)40-38)44-47(5,6)19-16-30-23-32-25-35(30)39-37(32)41-39/h7-11,26-32,34-39H,12-25H2,1-6H3. The SMILES string of the molecule is C[Si](C)(CCC1CC2CCC1C2)O[Si](O[Si](C)(C)CCC1CC2CC1C1OC21)(O[Si](C)(C)CCC1CC2CC1C1OC21)c1ccccc1. The van der Waals surface area contributed by atoms with Crippen molar-refractivity contribution in [3.8, 4) is 0 Å². The highest BCUT2D eigenvalue weighted by atomic mass is 28.5. The highest BCUT2D eigenvalue weighted by Crippen LogP contribution is 2.61. The Bertz CT molecular complexity index is 1280. The van der Waals surface area contributed by atoms with Crippen LogP contribution in [0.25, 0.3) is 0 Å². The van der Waals surface area contributed by atoms with Gasteiger partial charge in [0.25, 0.3) is 0 Å². The van der Waals surface area contributed by atoms with Gasteiger partial charge >= 0.3 is 8.80 Å². The summed E-state index contributed by atoms with van der Waals surface area (Å²) < 4.78 is 35.5. The molecule has 1 aromatic rings. The molecule has 0 N–H and O–H groups in total. The lowest BCUT2D eigenvalue weighted by molar-refractivity contribution is 0.243. The van der Waals surface area contributed by atoms with Crippen LogP contribution in [0.2, 0.25) is 57.4 Å². The molecule has 13 atom stereocenters. The van der Waals surface area contributed by atoms with E-state index in [0.717, 1.165) is 53.3 Å². The Morgan fingerprint density at radius 3 is 1.46 bits per heavy atom. The lowest BCUT2D eigenvalue weighted by Crippen LogP contribution is -2.68. The molecular weight excluding hydrogens is 661 g/mol. The van der Waals surface area contributed by atoms with Crippen LogP contribution in [0.4, 0.5) is 0 Å². The van der Waals surface area contributed by atoms with Crippen LogP contribution in [-0.2, 0) is 21.8 Å². The summed E-state index contributed by atoms with van der Waals surface area (Å²) in [7, 11) is -9.65. The largest absolute Gasteiger partial charge is 0.505 e. The van der Waals surface area contributed by atoms with E-state index in [0.29, 0.717) is 24.4 Å². The van der Waals surface area contributed by atoms with E-state index < -0.39 is 33.8 Å². The summed E-state index contributed by atoms with van der Waals surface area (Å²) in [5.41, 5.74) is 0. The van der Waals surface area contributed by atoms with Crippen molar-refractivity contribution in [1.82, 2.24) is 0 Å². The molecule has 48 heavy (non-hydrogen) atoms. The van der Waals surface area contributed by atoms with Gasteiger partial charge in [0.15, 0.2) is 25.0 Å². The molecule has 5 nitrogen and oxygen atoms in total. The zero-order chi connectivity index (χ0) is 33.1. The quantitative estimate of drug-likeness (QED) is 0.126. The summed E-state index contributed by atoms with van der Waals surface area (Å²) >= 11 is 0. The van der Waals surface area contributed by atoms with Crippen molar-refractivity contribution in [2.24, 2.45) is 53.3 Å². The Labute approximate surface area is 295 Å². The smallest absolute Gasteiger partial charge is 0.413 e. The third kappa shape index (κ3) is 6.54. The maximum atomic E-state index is 7.78. The Morgan fingerprint density at radius 2 is 1.04 bits per heavy atom. The second-order valence-corrected chi connectivity index (χ2v) is 36.2. The van der Waals surface area contributed by atoms with Gasteiger partial charge in [-0.25, -0.2) is 0 Å². The van der Waals surface area contributed by atoms with Gasteiger partial charge in [0.1, 0.15) is 0 Å². The van der Waals surface area contributed by atoms with Crippen molar-refractivity contribution in [2.45, 2.75) is 152 Å². The summed E-state index contributed by atoms with van der Waals surface area (Å²) in [6, 6.07) is 14.7. The third-order valence-corrected chi connectivity index (χ3v) is 30.4. The van der Waals surface area contributed by atoms with E-state index in [1.807, 2.05) is 0 Å². The van der Waals surface area contributed by atoms with Gasteiger partial charge in [0, 0.05) is 5.19 Å². The van der Waals surface area contributed by atoms with Gasteiger partial charge in [-0.2, -0.15) is 0 Å². The molecule has 2 saturated heterocycles. The van der Waals surface area contributed by atoms with E-state index in [-0.39, 0.29) is 0 Å². The average Bonchev–Trinajstić information content (AvgIpc) is 3.59. The molecule has 9 rings (SSSR count). The van der Waals surface area contributed by atoms with Gasteiger partial charge in [0.2, 0.25) is 0 Å². The predicted octanol–water partition coefficient (Wildman–Crippen LogP) is 8.95. The van der Waals surface area contributed by atoms with Crippen LogP contribution >= 0.6 is 0 Å². The zero-order valence-electron chi connectivity index (χ0n) is 30.8. The number of rotatable bonds is 16. The second-order valence-electron chi connectivity index (χ2n) is 20.0. The summed E-state index contributed by atoms with van der Waals surface area (Å²) in [5.74, 6) is 7.82. The number of hydrogen-bond donors (Lipinski definition) is 0. The van der Waals surface area contributed by atoms with E-state index in [9.17, 15) is 0 Å². The molecule has 266 valence electrons. The number of hydrogen-bond acceptors (Lipinski definition) is 5. The lowest BCUT2D eigenvalue weighted by Gasteiger charge is -2.45. The van der Waals surface area contributed by atoms with Gasteiger partial charge in [-0.1, -0.05) is 56.0 Å². The van der Waals surface area contributed by atoms with Gasteiger partial charge in [0.05, 0.1) is 24.4 Å². The van der Waals surface area contributed by atoms with Crippen LogP contribution in [0.3, 0.4) is 0 Å². The molecule has 0 aromatic heterocycles. The molecule has 9 heteroatoms. The molecule has 0 spiro atoms. The molecule has 2 heterocycles. The average molecular weight is 725 g/mol. The molecule has 6 bridgehead atoms. The normalized spacial score (nSPS) is 43.1. The molecule has 6 saturated carbocycles. The first-order valence-corrected chi connectivity index (χ1v) is 31.4. The van der Waals surface area contributed by atoms with Crippen molar-refractivity contribution < 1.29 is 21.8 Å². The first kappa shape index (κ1) is 33.7. The van der Waals surface area contributed by atoms with Gasteiger partial charge in [-0.3, -0.25) is 0 Å². The lowest BCUT2D eigenvalue weighted by atomic mass is 9.87. The fourth-order valence-corrected chi connectivity index (χ4v) is 29.4. The van der Waals surface area contributed by atoms with Crippen LogP contribution in [0.15, 0.2) is 30.3 Å². The monoisotopic (exact) mass is 724 g/mol. The van der Waals surface area contributed by atoms with Crippen LogP contribution in [0.5, 0.6) is 0 Å². The van der Waals surface area contributed by atoms with Crippen molar-refractivity contribution >= 4 is 38.9 Å². The molecule has 1 aromatic carbocycles. The topological polar surface area (TPSA) is 52.8 Å². The van der Waals surface area contributed by atoms with Crippen molar-refractivity contribution in [3.63, 3.8) is 0 Å². The number of epoxide rings is 2. The van der Waals surface area contributed by atoms with Gasteiger partial charge in [-0.15, -0.1) is 0 Å². The Hall–Kier alpha value is -0.112. The van der Waals surface area contributed by atoms with Crippen molar-refractivity contribution in [1.29, 1.82) is 0 Å². The second kappa shape index (κ2) is 12.2. The summed E-state index contributed by atoms with van der Waals surface area (Å²) in [4.78, 5) is 0. The number of benzene rings is 1. The maximum absolute atomic E-state index is 7.78. The van der Waals surface area contributed by atoms with E-state index >= 15 is 0 Å². The molecular formula is C39H64O5Si4. The first-order chi connectivity index (χ1) is 22.9. The van der Waals surface area contributed by atoms with Gasteiger partial charge in [-0.05, 0) is 156 Å². The Kier molecular flexibility index (Phi) is 8.58. The van der Waals surface area contributed by atoms with E-state index in [2.05, 4.69) is 69.6 Å². The molecule has 8 aliphatic rings. The molecule has 8 fully saturated rings. The van der Waals surface area contributed by atoms with Gasteiger partial charge < -0.3 is 21.8 Å². The van der Waals surface area contributed by atoms with Crippen molar-refractivity contribution in [3.05, 3.63) is 30.3 Å². The fraction of sp³-hybridized carbons (Fsp3) is 0.846. The minimum absolute atomic E-state index is 0.588. The minimum atomic E-state index is -3.23. The third-order valence-electron chi connectivity index (χ3n) is 15.1. The Morgan fingerprint density at radius 1 is 0.542 bits per heavy atom. The molecule has 13 unspecified atom stereocenters. The highest BCUT2D eigenvalue weighted by molar-refractivity contribution is 6.96.